The third-order valence-electron chi connectivity index (χ3n) is 3.07. The number of nitrogens with zero attached hydrogens (tertiary/aromatic N) is 2. The van der Waals surface area contributed by atoms with Gasteiger partial charge in [-0.3, -0.25) is 9.67 Å². The summed E-state index contributed by atoms with van der Waals surface area (Å²) in [5.74, 6) is 1.17. The molecule has 4 nitrogen and oxygen atoms in total. The molecule has 0 aliphatic heterocycles. The molecule has 1 aliphatic rings. The molecule has 0 unspecified atom stereocenters. The quantitative estimate of drug-likeness (QED) is 0.802. The van der Waals surface area contributed by atoms with Crippen LogP contribution < -0.4 is 0 Å². The lowest BCUT2D eigenvalue weighted by atomic mass is 10.1. The summed E-state index contributed by atoms with van der Waals surface area (Å²) in [5.41, 5.74) is 1.83. The van der Waals surface area contributed by atoms with E-state index in [4.69, 9.17) is 12.2 Å². The van der Waals surface area contributed by atoms with E-state index in [1.165, 1.54) is 0 Å². The second-order valence-electron chi connectivity index (χ2n) is 4.45. The molecule has 0 radical (unpaired) electrons. The molecule has 0 atom stereocenters. The van der Waals surface area contributed by atoms with E-state index >= 15 is 0 Å². The number of rotatable bonds is 2. The van der Waals surface area contributed by atoms with Gasteiger partial charge in [0, 0.05) is 11.6 Å². The molecule has 1 saturated carbocycles. The number of hydrogen-bond acceptors (Lipinski definition) is 3. The number of phenols is 1. The number of phenolic OH excluding ortho intramolecular Hbond substituents is 1. The monoisotopic (exact) mass is 247 g/mol. The van der Waals surface area contributed by atoms with Gasteiger partial charge in [-0.05, 0) is 55.7 Å². The zero-order valence-electron chi connectivity index (χ0n) is 9.47. The summed E-state index contributed by atoms with van der Waals surface area (Å²) >= 11 is 5.24. The van der Waals surface area contributed by atoms with Gasteiger partial charge in [-0.25, -0.2) is 0 Å². The van der Waals surface area contributed by atoms with Crippen molar-refractivity contribution in [2.45, 2.75) is 25.8 Å². The molecule has 1 aromatic heterocycles. The first kappa shape index (κ1) is 10.5. The Kier molecular flexibility index (Phi) is 2.29. The van der Waals surface area contributed by atoms with Crippen LogP contribution >= 0.6 is 12.2 Å². The van der Waals surface area contributed by atoms with E-state index in [0.29, 0.717) is 16.6 Å². The number of aromatic hydroxyl groups is 1. The summed E-state index contributed by atoms with van der Waals surface area (Å²) in [7, 11) is 0. The van der Waals surface area contributed by atoms with Gasteiger partial charge >= 0.3 is 0 Å². The fourth-order valence-electron chi connectivity index (χ4n) is 1.97. The van der Waals surface area contributed by atoms with E-state index in [2.05, 4.69) is 14.8 Å². The van der Waals surface area contributed by atoms with Crippen molar-refractivity contribution in [3.8, 4) is 17.1 Å². The van der Waals surface area contributed by atoms with Gasteiger partial charge in [-0.2, -0.15) is 5.10 Å². The Balaban J connectivity index is 2.14. The molecule has 3 rings (SSSR count). The first-order chi connectivity index (χ1) is 8.16. The van der Waals surface area contributed by atoms with E-state index in [-0.39, 0.29) is 0 Å². The van der Waals surface area contributed by atoms with Crippen molar-refractivity contribution in [2.24, 2.45) is 0 Å². The zero-order valence-corrected chi connectivity index (χ0v) is 10.3. The fraction of sp³-hybridized carbons (Fsp3) is 0.333. The lowest BCUT2D eigenvalue weighted by Gasteiger charge is -2.06. The molecule has 2 aromatic rings. The second kappa shape index (κ2) is 3.70. The van der Waals surface area contributed by atoms with Crippen LogP contribution in [0, 0.1) is 11.7 Å². The molecule has 5 heteroatoms. The molecule has 1 aliphatic carbocycles. The standard InChI is InChI=1S/C12H13N3OS/c1-7-6-8(2-5-10(7)16)11-13-14-12(17)15(11)9-3-4-9/h2,5-6,9,16H,3-4H2,1H3,(H,14,17). The van der Waals surface area contributed by atoms with Crippen LogP contribution in [0.15, 0.2) is 18.2 Å². The van der Waals surface area contributed by atoms with E-state index in [1.807, 2.05) is 19.1 Å². The molecule has 1 heterocycles. The van der Waals surface area contributed by atoms with Gasteiger partial charge in [-0.15, -0.1) is 0 Å². The van der Waals surface area contributed by atoms with Crippen molar-refractivity contribution in [1.29, 1.82) is 0 Å². The molecule has 0 spiro atoms. The van der Waals surface area contributed by atoms with Crippen molar-refractivity contribution in [3.05, 3.63) is 28.5 Å². The highest BCUT2D eigenvalue weighted by Gasteiger charge is 2.27. The fourth-order valence-corrected chi connectivity index (χ4v) is 2.26. The number of aromatic amines is 1. The van der Waals surface area contributed by atoms with Crippen LogP contribution in [-0.4, -0.2) is 19.9 Å². The highest BCUT2D eigenvalue weighted by atomic mass is 32.1. The topological polar surface area (TPSA) is 53.8 Å². The molecule has 0 bridgehead atoms. The molecule has 17 heavy (non-hydrogen) atoms. The van der Waals surface area contributed by atoms with Crippen molar-refractivity contribution in [1.82, 2.24) is 14.8 Å². The molecule has 1 aromatic carbocycles. The van der Waals surface area contributed by atoms with Gasteiger partial charge in [0.25, 0.3) is 0 Å². The van der Waals surface area contributed by atoms with Gasteiger partial charge in [-0.1, -0.05) is 0 Å². The van der Waals surface area contributed by atoms with E-state index < -0.39 is 0 Å². The maximum Gasteiger partial charge on any atom is 0.195 e. The summed E-state index contributed by atoms with van der Waals surface area (Å²) in [6.07, 6.45) is 2.33. The van der Waals surface area contributed by atoms with E-state index in [9.17, 15) is 5.11 Å². The smallest absolute Gasteiger partial charge is 0.195 e. The summed E-state index contributed by atoms with van der Waals surface area (Å²) < 4.78 is 2.74. The Hall–Kier alpha value is -1.62. The number of benzene rings is 1. The van der Waals surface area contributed by atoms with Crippen molar-refractivity contribution >= 4 is 12.2 Å². The summed E-state index contributed by atoms with van der Waals surface area (Å²) in [6, 6.07) is 5.98. The molecule has 1 fully saturated rings. The van der Waals surface area contributed by atoms with Crippen molar-refractivity contribution in [2.75, 3.05) is 0 Å². The van der Waals surface area contributed by atoms with Crippen LogP contribution in [0.1, 0.15) is 24.4 Å². The predicted octanol–water partition coefficient (Wildman–Crippen LogP) is 2.96. The van der Waals surface area contributed by atoms with Gasteiger partial charge in [0.2, 0.25) is 0 Å². The molecular formula is C12H13N3OS. The van der Waals surface area contributed by atoms with Gasteiger partial charge in [0.05, 0.1) is 0 Å². The van der Waals surface area contributed by atoms with Gasteiger partial charge < -0.3 is 5.11 Å². The summed E-state index contributed by atoms with van der Waals surface area (Å²) in [6.45, 7) is 1.88. The van der Waals surface area contributed by atoms with E-state index in [1.54, 1.807) is 6.07 Å². The SMILES string of the molecule is Cc1cc(-c2n[nH]c(=S)n2C2CC2)ccc1O. The van der Waals surface area contributed by atoms with Crippen molar-refractivity contribution < 1.29 is 5.11 Å². The third-order valence-corrected chi connectivity index (χ3v) is 3.36. The van der Waals surface area contributed by atoms with Gasteiger partial charge in [0.15, 0.2) is 10.6 Å². The Bertz CT molecular complexity index is 625. The molecule has 0 saturated heterocycles. The number of aromatic nitrogens is 3. The minimum absolute atomic E-state index is 0.306. The van der Waals surface area contributed by atoms with Crippen LogP contribution in [0.5, 0.6) is 5.75 Å². The predicted molar refractivity (Wildman–Crippen MR) is 67.5 cm³/mol. The minimum atomic E-state index is 0.306. The third kappa shape index (κ3) is 1.76. The van der Waals surface area contributed by atoms with Crippen LogP contribution in [0.2, 0.25) is 0 Å². The summed E-state index contributed by atoms with van der Waals surface area (Å²) in [4.78, 5) is 0. The Morgan fingerprint density at radius 3 is 2.88 bits per heavy atom. The highest BCUT2D eigenvalue weighted by Crippen LogP contribution is 2.38. The Morgan fingerprint density at radius 1 is 1.47 bits per heavy atom. The lowest BCUT2D eigenvalue weighted by Crippen LogP contribution is -1.97. The normalized spacial score (nSPS) is 15.1. The van der Waals surface area contributed by atoms with Gasteiger partial charge in [0.1, 0.15) is 5.75 Å². The number of nitrogens with one attached hydrogen (secondary N) is 1. The first-order valence-corrected chi connectivity index (χ1v) is 6.04. The number of hydrogen-bond donors (Lipinski definition) is 2. The van der Waals surface area contributed by atoms with Crippen LogP contribution in [0.4, 0.5) is 0 Å². The van der Waals surface area contributed by atoms with Crippen LogP contribution in [-0.2, 0) is 0 Å². The molecule has 0 amide bonds. The molecular weight excluding hydrogens is 234 g/mol. The van der Waals surface area contributed by atoms with Crippen LogP contribution in [0.25, 0.3) is 11.4 Å². The molecule has 2 N–H and O–H groups in total. The largest absolute Gasteiger partial charge is 0.508 e. The minimum Gasteiger partial charge on any atom is -0.508 e. The number of H-pyrrole nitrogens is 1. The van der Waals surface area contributed by atoms with Crippen LogP contribution in [0.3, 0.4) is 0 Å². The number of aryl methyl sites for hydroxylation is 1. The summed E-state index contributed by atoms with van der Waals surface area (Å²) in [5, 5.41) is 16.7. The van der Waals surface area contributed by atoms with E-state index in [0.717, 1.165) is 29.8 Å². The maximum atomic E-state index is 9.53. The first-order valence-electron chi connectivity index (χ1n) is 5.63. The average molecular weight is 247 g/mol. The highest BCUT2D eigenvalue weighted by molar-refractivity contribution is 7.71. The maximum absolute atomic E-state index is 9.53. The lowest BCUT2D eigenvalue weighted by molar-refractivity contribution is 0.471. The Morgan fingerprint density at radius 2 is 2.24 bits per heavy atom. The second-order valence-corrected chi connectivity index (χ2v) is 4.84. The average Bonchev–Trinajstić information content (AvgIpc) is 3.06. The molecule has 88 valence electrons. The zero-order chi connectivity index (χ0) is 12.0. The van der Waals surface area contributed by atoms with Crippen molar-refractivity contribution in [3.63, 3.8) is 0 Å². The Labute approximate surface area is 104 Å².